The fraction of sp³-hybridized carbons (Fsp3) is 0.636. The van der Waals surface area contributed by atoms with Crippen molar-refractivity contribution in [2.75, 3.05) is 12.8 Å². The summed E-state index contributed by atoms with van der Waals surface area (Å²) in [5, 5.41) is 3.27. The van der Waals surface area contributed by atoms with Crippen molar-refractivity contribution >= 4 is 37.1 Å². The lowest BCUT2D eigenvalue weighted by molar-refractivity contribution is 0.433. The predicted octanol–water partition coefficient (Wildman–Crippen LogP) is 2.98. The maximum absolute atomic E-state index is 11.9. The van der Waals surface area contributed by atoms with Gasteiger partial charge >= 0.3 is 0 Å². The van der Waals surface area contributed by atoms with Crippen LogP contribution >= 0.6 is 27.3 Å². The molecule has 0 saturated heterocycles. The van der Waals surface area contributed by atoms with Crippen LogP contribution in [0.1, 0.15) is 31.7 Å². The third kappa shape index (κ3) is 3.30. The van der Waals surface area contributed by atoms with Crippen LogP contribution in [-0.4, -0.2) is 26.0 Å². The molecule has 3 nitrogen and oxygen atoms in total. The average molecular weight is 340 g/mol. The molecular weight excluding hydrogens is 322 g/mol. The van der Waals surface area contributed by atoms with Crippen LogP contribution in [0.2, 0.25) is 0 Å². The molecule has 1 aromatic heterocycles. The van der Waals surface area contributed by atoms with E-state index in [2.05, 4.69) is 21.2 Å². The number of hydrogen-bond donors (Lipinski definition) is 1. The Morgan fingerprint density at radius 3 is 2.41 bits per heavy atom. The number of hydrogen-bond acceptors (Lipinski definition) is 4. The highest BCUT2D eigenvalue weighted by atomic mass is 79.9. The van der Waals surface area contributed by atoms with E-state index >= 15 is 0 Å². The minimum atomic E-state index is -3.13. The lowest BCUT2D eigenvalue weighted by atomic mass is 10.0. The molecule has 1 aromatic rings. The van der Waals surface area contributed by atoms with Crippen LogP contribution in [0, 0.1) is 0 Å². The normalized spacial score (nSPS) is 14.9. The van der Waals surface area contributed by atoms with Crippen molar-refractivity contribution < 1.29 is 8.42 Å². The Morgan fingerprint density at radius 2 is 2.06 bits per heavy atom. The van der Waals surface area contributed by atoms with Gasteiger partial charge < -0.3 is 5.32 Å². The van der Waals surface area contributed by atoms with Gasteiger partial charge in [-0.25, -0.2) is 8.42 Å². The number of halogens is 1. The average Bonchev–Trinajstić information content (AvgIpc) is 2.58. The summed E-state index contributed by atoms with van der Waals surface area (Å²) in [7, 11) is -3.13. The van der Waals surface area contributed by atoms with E-state index in [9.17, 15) is 8.42 Å². The van der Waals surface area contributed by atoms with Crippen molar-refractivity contribution in [3.63, 3.8) is 0 Å². The Labute approximate surface area is 116 Å². The van der Waals surface area contributed by atoms with Crippen LogP contribution in [0.4, 0.5) is 0 Å². The first-order chi connectivity index (χ1) is 7.70. The van der Waals surface area contributed by atoms with Crippen molar-refractivity contribution in [3.05, 3.63) is 20.8 Å². The summed E-state index contributed by atoms with van der Waals surface area (Å²) in [5.41, 5.74) is 0. The van der Waals surface area contributed by atoms with Gasteiger partial charge in [0, 0.05) is 11.1 Å². The van der Waals surface area contributed by atoms with Gasteiger partial charge in [-0.3, -0.25) is 0 Å². The Hall–Kier alpha value is 0.0900. The smallest absolute Gasteiger partial charge is 0.154 e. The Kier molecular flexibility index (Phi) is 4.80. The van der Waals surface area contributed by atoms with Gasteiger partial charge in [-0.2, -0.15) is 0 Å². The van der Waals surface area contributed by atoms with Crippen LogP contribution in [0.25, 0.3) is 0 Å². The van der Waals surface area contributed by atoms with Crippen molar-refractivity contribution in [1.82, 2.24) is 5.32 Å². The molecule has 0 aliphatic heterocycles. The molecule has 6 heteroatoms. The third-order valence-corrected chi connectivity index (χ3v) is 6.77. The predicted molar refractivity (Wildman–Crippen MR) is 77.4 cm³/mol. The van der Waals surface area contributed by atoms with Crippen molar-refractivity contribution in [2.45, 2.75) is 31.6 Å². The highest BCUT2D eigenvalue weighted by Gasteiger charge is 2.40. The van der Waals surface area contributed by atoms with Gasteiger partial charge in [0.05, 0.1) is 14.6 Å². The van der Waals surface area contributed by atoms with Gasteiger partial charge in [0.2, 0.25) is 0 Å². The molecule has 0 fully saturated rings. The van der Waals surface area contributed by atoms with E-state index in [1.807, 2.05) is 19.1 Å². The largest absolute Gasteiger partial charge is 0.308 e. The molecule has 1 atom stereocenters. The van der Waals surface area contributed by atoms with E-state index in [1.54, 1.807) is 25.2 Å². The molecule has 0 aliphatic carbocycles. The molecule has 0 aliphatic rings. The van der Waals surface area contributed by atoms with Crippen molar-refractivity contribution in [3.8, 4) is 0 Å². The highest BCUT2D eigenvalue weighted by molar-refractivity contribution is 9.11. The van der Waals surface area contributed by atoms with Gasteiger partial charge in [0.15, 0.2) is 9.84 Å². The fourth-order valence-corrected chi connectivity index (χ4v) is 3.99. The SMILES string of the molecule is CCNC(c1ccc(Br)s1)C(C)(C)S(C)(=O)=O. The zero-order valence-corrected chi connectivity index (χ0v) is 13.7. The molecule has 1 unspecified atom stereocenters. The van der Waals surface area contributed by atoms with E-state index < -0.39 is 14.6 Å². The minimum Gasteiger partial charge on any atom is -0.308 e. The molecule has 0 spiro atoms. The van der Waals surface area contributed by atoms with Crippen molar-refractivity contribution in [2.24, 2.45) is 0 Å². The molecule has 98 valence electrons. The molecule has 1 N–H and O–H groups in total. The fourth-order valence-electron chi connectivity index (χ4n) is 1.59. The first kappa shape index (κ1) is 15.1. The van der Waals surface area contributed by atoms with Crippen molar-refractivity contribution in [1.29, 1.82) is 0 Å². The van der Waals surface area contributed by atoms with Gasteiger partial charge in [0.1, 0.15) is 0 Å². The van der Waals surface area contributed by atoms with Crippen LogP contribution in [0.3, 0.4) is 0 Å². The van der Waals surface area contributed by atoms with Gasteiger partial charge in [0.25, 0.3) is 0 Å². The van der Waals surface area contributed by atoms with E-state index in [-0.39, 0.29) is 6.04 Å². The topological polar surface area (TPSA) is 46.2 Å². The maximum Gasteiger partial charge on any atom is 0.154 e. The molecule has 1 rings (SSSR count). The third-order valence-electron chi connectivity index (χ3n) is 2.94. The lowest BCUT2D eigenvalue weighted by Crippen LogP contribution is -2.44. The van der Waals surface area contributed by atoms with Crippen LogP contribution in [-0.2, 0) is 9.84 Å². The first-order valence-electron chi connectivity index (χ1n) is 5.38. The summed E-state index contributed by atoms with van der Waals surface area (Å²) in [4.78, 5) is 1.04. The van der Waals surface area contributed by atoms with Crippen LogP contribution in [0.15, 0.2) is 15.9 Å². The quantitative estimate of drug-likeness (QED) is 0.896. The lowest BCUT2D eigenvalue weighted by Gasteiger charge is -2.32. The number of rotatable bonds is 5. The zero-order chi connectivity index (χ0) is 13.3. The second kappa shape index (κ2) is 5.38. The summed E-state index contributed by atoms with van der Waals surface area (Å²) >= 11 is 4.98. The van der Waals surface area contributed by atoms with Gasteiger partial charge in [-0.1, -0.05) is 6.92 Å². The first-order valence-corrected chi connectivity index (χ1v) is 8.88. The van der Waals surface area contributed by atoms with E-state index in [0.717, 1.165) is 15.2 Å². The van der Waals surface area contributed by atoms with E-state index in [4.69, 9.17) is 0 Å². The molecule has 0 saturated carbocycles. The van der Waals surface area contributed by atoms with Crippen LogP contribution < -0.4 is 5.32 Å². The van der Waals surface area contributed by atoms with Gasteiger partial charge in [-0.05, 0) is 48.5 Å². The summed E-state index contributed by atoms with van der Waals surface area (Å²) in [6.45, 7) is 6.25. The summed E-state index contributed by atoms with van der Waals surface area (Å²) in [5.74, 6) is 0. The zero-order valence-electron chi connectivity index (χ0n) is 10.5. The maximum atomic E-state index is 11.9. The van der Waals surface area contributed by atoms with Crippen LogP contribution in [0.5, 0.6) is 0 Å². The van der Waals surface area contributed by atoms with E-state index in [0.29, 0.717) is 0 Å². The van der Waals surface area contributed by atoms with E-state index in [1.165, 1.54) is 6.26 Å². The monoisotopic (exact) mass is 339 g/mol. The molecule has 0 radical (unpaired) electrons. The minimum absolute atomic E-state index is 0.182. The molecular formula is C11H18BrNO2S2. The second-order valence-electron chi connectivity index (χ2n) is 4.51. The highest BCUT2D eigenvalue weighted by Crippen LogP contribution is 2.37. The number of sulfone groups is 1. The number of thiophene rings is 1. The number of nitrogens with one attached hydrogen (secondary N) is 1. The second-order valence-corrected chi connectivity index (χ2v) is 9.60. The molecule has 0 aromatic carbocycles. The Morgan fingerprint density at radius 1 is 1.47 bits per heavy atom. The Bertz CT molecular complexity index is 479. The molecule has 0 amide bonds. The summed E-state index contributed by atoms with van der Waals surface area (Å²) in [6.07, 6.45) is 1.29. The molecule has 1 heterocycles. The molecule has 0 bridgehead atoms. The summed E-state index contributed by atoms with van der Waals surface area (Å²) in [6, 6.07) is 3.73. The van der Waals surface area contributed by atoms with Gasteiger partial charge in [-0.15, -0.1) is 11.3 Å². The Balaban J connectivity index is 3.18. The summed E-state index contributed by atoms with van der Waals surface area (Å²) < 4.78 is 24.0. The molecule has 17 heavy (non-hydrogen) atoms. The standard InChI is InChI=1S/C11H18BrNO2S2/c1-5-13-10(8-6-7-9(12)16-8)11(2,3)17(4,14)15/h6-7,10,13H,5H2,1-4H3.